The lowest BCUT2D eigenvalue weighted by Crippen LogP contribution is -2.06. The van der Waals surface area contributed by atoms with Crippen molar-refractivity contribution in [3.05, 3.63) is 47.9 Å². The van der Waals surface area contributed by atoms with Crippen molar-refractivity contribution in [2.75, 3.05) is 5.32 Å². The second kappa shape index (κ2) is 5.72. The smallest absolute Gasteiger partial charge is 0.387 e. The van der Waals surface area contributed by atoms with Gasteiger partial charge in [-0.1, -0.05) is 12.1 Å². The van der Waals surface area contributed by atoms with Gasteiger partial charge in [-0.2, -0.15) is 18.2 Å². The average Bonchev–Trinajstić information content (AvgIpc) is 2.37. The normalized spacial score (nSPS) is 10.7. The van der Waals surface area contributed by atoms with Gasteiger partial charge in [0.15, 0.2) is 17.5 Å². The molecule has 20 heavy (non-hydrogen) atoms. The molecular weight excluding hydrogens is 283 g/mol. The Labute approximate surface area is 110 Å². The third-order valence-corrected chi connectivity index (χ3v) is 2.24. The molecule has 0 radical (unpaired) electrons. The fourth-order valence-electron chi connectivity index (χ4n) is 1.43. The van der Waals surface area contributed by atoms with Crippen LogP contribution >= 0.6 is 0 Å². The minimum atomic E-state index is -3.08. The van der Waals surface area contributed by atoms with Crippen molar-refractivity contribution >= 4 is 11.5 Å². The van der Waals surface area contributed by atoms with E-state index in [1.165, 1.54) is 24.3 Å². The number of hydrogen-bond acceptors (Lipinski definition) is 3. The molecule has 0 fully saturated rings. The van der Waals surface area contributed by atoms with Crippen LogP contribution in [-0.4, -0.2) is 11.6 Å². The molecule has 3 nitrogen and oxygen atoms in total. The van der Waals surface area contributed by atoms with Crippen LogP contribution in [0.3, 0.4) is 0 Å². The van der Waals surface area contributed by atoms with E-state index >= 15 is 0 Å². The van der Waals surface area contributed by atoms with Crippen LogP contribution in [0.15, 0.2) is 30.3 Å². The summed E-state index contributed by atoms with van der Waals surface area (Å²) >= 11 is 0. The highest BCUT2D eigenvalue weighted by atomic mass is 19.3. The Hall–Kier alpha value is -2.38. The largest absolute Gasteiger partial charge is 0.433 e. The molecule has 0 aliphatic carbocycles. The van der Waals surface area contributed by atoms with Crippen LogP contribution in [0.5, 0.6) is 5.75 Å². The van der Waals surface area contributed by atoms with Crippen LogP contribution in [0.1, 0.15) is 0 Å². The van der Waals surface area contributed by atoms with Gasteiger partial charge in [-0.3, -0.25) is 0 Å². The zero-order valence-electron chi connectivity index (χ0n) is 9.71. The van der Waals surface area contributed by atoms with E-state index in [0.29, 0.717) is 6.07 Å². The van der Waals surface area contributed by atoms with Crippen molar-refractivity contribution < 1.29 is 26.7 Å². The lowest BCUT2D eigenvalue weighted by Gasteiger charge is -2.12. The summed E-state index contributed by atoms with van der Waals surface area (Å²) in [5, 5.41) is 2.26. The maximum absolute atomic E-state index is 13.4. The maximum atomic E-state index is 13.4. The molecule has 1 heterocycles. The molecule has 0 unspecified atom stereocenters. The van der Waals surface area contributed by atoms with Crippen molar-refractivity contribution in [3.63, 3.8) is 0 Å². The number of halogens is 5. The summed E-state index contributed by atoms with van der Waals surface area (Å²) in [4.78, 5) is 3.02. The summed E-state index contributed by atoms with van der Waals surface area (Å²) in [5.41, 5.74) is -0.0646. The number of alkyl halides is 2. The molecule has 8 heteroatoms. The van der Waals surface area contributed by atoms with Crippen LogP contribution in [-0.2, 0) is 0 Å². The standard InChI is InChI=1S/C12H7F5N2O/c13-6-5-7(14)11(19-10(6)15)18-8-3-1-2-4-9(8)20-12(16)17/h1-5,12H,(H,18,19). The molecule has 0 atom stereocenters. The molecule has 0 aliphatic heterocycles. The summed E-state index contributed by atoms with van der Waals surface area (Å²) in [7, 11) is 0. The van der Waals surface area contributed by atoms with Crippen molar-refractivity contribution in [3.8, 4) is 5.75 Å². The predicted molar refractivity (Wildman–Crippen MR) is 60.5 cm³/mol. The number of hydrogen-bond donors (Lipinski definition) is 1. The first-order chi connectivity index (χ1) is 9.47. The predicted octanol–water partition coefficient (Wildman–Crippen LogP) is 3.84. The van der Waals surface area contributed by atoms with Gasteiger partial charge in [-0.05, 0) is 12.1 Å². The highest BCUT2D eigenvalue weighted by molar-refractivity contribution is 5.64. The van der Waals surface area contributed by atoms with Crippen molar-refractivity contribution in [1.29, 1.82) is 0 Å². The van der Waals surface area contributed by atoms with Gasteiger partial charge in [0.2, 0.25) is 0 Å². The van der Waals surface area contributed by atoms with E-state index in [2.05, 4.69) is 15.0 Å². The van der Waals surface area contributed by atoms with E-state index < -0.39 is 30.0 Å². The first-order valence-corrected chi connectivity index (χ1v) is 5.30. The Morgan fingerprint density at radius 3 is 2.45 bits per heavy atom. The Kier molecular flexibility index (Phi) is 4.02. The van der Waals surface area contributed by atoms with Crippen LogP contribution < -0.4 is 10.1 Å². The fourth-order valence-corrected chi connectivity index (χ4v) is 1.43. The van der Waals surface area contributed by atoms with E-state index in [0.717, 1.165) is 0 Å². The average molecular weight is 290 g/mol. The molecule has 1 aromatic heterocycles. The topological polar surface area (TPSA) is 34.1 Å². The Bertz CT molecular complexity index is 621. The number of rotatable bonds is 4. The molecule has 1 aromatic carbocycles. The highest BCUT2D eigenvalue weighted by Crippen LogP contribution is 2.29. The van der Waals surface area contributed by atoms with Crippen molar-refractivity contribution in [2.45, 2.75) is 6.61 Å². The van der Waals surface area contributed by atoms with Gasteiger partial charge in [-0.15, -0.1) is 0 Å². The van der Waals surface area contributed by atoms with Gasteiger partial charge in [-0.25, -0.2) is 8.78 Å². The first kappa shape index (κ1) is 14.0. The van der Waals surface area contributed by atoms with Crippen LogP contribution in [0.2, 0.25) is 0 Å². The molecule has 106 valence electrons. The van der Waals surface area contributed by atoms with Crippen molar-refractivity contribution in [1.82, 2.24) is 4.98 Å². The highest BCUT2D eigenvalue weighted by Gasteiger charge is 2.14. The van der Waals surface area contributed by atoms with Gasteiger partial charge in [0, 0.05) is 6.07 Å². The Morgan fingerprint density at radius 2 is 1.75 bits per heavy atom. The Balaban J connectivity index is 2.33. The number of ether oxygens (including phenoxy) is 1. The molecule has 2 aromatic rings. The number of pyridine rings is 1. The van der Waals surface area contributed by atoms with E-state index in [1.54, 1.807) is 0 Å². The third-order valence-electron chi connectivity index (χ3n) is 2.24. The molecule has 0 amide bonds. The minimum Gasteiger partial charge on any atom is -0.433 e. The fraction of sp³-hybridized carbons (Fsp3) is 0.0833. The quantitative estimate of drug-likeness (QED) is 0.686. The number of para-hydroxylation sites is 2. The summed E-state index contributed by atoms with van der Waals surface area (Å²) in [6.45, 7) is -3.08. The monoisotopic (exact) mass is 290 g/mol. The van der Waals surface area contributed by atoms with Crippen molar-refractivity contribution in [2.24, 2.45) is 0 Å². The van der Waals surface area contributed by atoms with E-state index in [-0.39, 0.29) is 11.4 Å². The van der Waals surface area contributed by atoms with Gasteiger partial charge < -0.3 is 10.1 Å². The zero-order chi connectivity index (χ0) is 14.7. The van der Waals surface area contributed by atoms with Gasteiger partial charge in [0.25, 0.3) is 5.95 Å². The Morgan fingerprint density at radius 1 is 1.05 bits per heavy atom. The molecule has 1 N–H and O–H groups in total. The third kappa shape index (κ3) is 3.14. The summed E-state index contributed by atoms with van der Waals surface area (Å²) < 4.78 is 67.6. The van der Waals surface area contributed by atoms with Gasteiger partial charge in [0.05, 0.1) is 5.69 Å². The lowest BCUT2D eigenvalue weighted by atomic mass is 10.3. The zero-order valence-corrected chi connectivity index (χ0v) is 9.71. The van der Waals surface area contributed by atoms with Crippen LogP contribution in [0.4, 0.5) is 33.5 Å². The van der Waals surface area contributed by atoms with Crippen LogP contribution in [0.25, 0.3) is 0 Å². The number of aromatic nitrogens is 1. The molecule has 0 saturated carbocycles. The molecule has 0 bridgehead atoms. The number of anilines is 2. The maximum Gasteiger partial charge on any atom is 0.387 e. The number of benzene rings is 1. The summed E-state index contributed by atoms with van der Waals surface area (Å²) in [6.07, 6.45) is 0. The first-order valence-electron chi connectivity index (χ1n) is 5.30. The number of nitrogens with one attached hydrogen (secondary N) is 1. The molecule has 2 rings (SSSR count). The number of nitrogens with zero attached hydrogens (tertiary/aromatic N) is 1. The molecule has 0 spiro atoms. The second-order valence-electron chi connectivity index (χ2n) is 3.59. The summed E-state index contributed by atoms with van der Waals surface area (Å²) in [6, 6.07) is 5.66. The van der Waals surface area contributed by atoms with Crippen LogP contribution in [0, 0.1) is 17.6 Å². The van der Waals surface area contributed by atoms with E-state index in [4.69, 9.17) is 0 Å². The summed E-state index contributed by atoms with van der Waals surface area (Å²) in [5.74, 6) is -5.07. The van der Waals surface area contributed by atoms with Gasteiger partial charge in [0.1, 0.15) is 5.75 Å². The molecular formula is C12H7F5N2O. The lowest BCUT2D eigenvalue weighted by molar-refractivity contribution is -0.0493. The SMILES string of the molecule is Fc1cc(F)c(Nc2ccccc2OC(F)F)nc1F. The molecule has 0 saturated heterocycles. The van der Waals surface area contributed by atoms with Gasteiger partial charge >= 0.3 is 6.61 Å². The van der Waals surface area contributed by atoms with E-state index in [9.17, 15) is 22.0 Å². The second-order valence-corrected chi connectivity index (χ2v) is 3.59. The molecule has 0 aliphatic rings. The van der Waals surface area contributed by atoms with E-state index in [1.807, 2.05) is 0 Å². The minimum absolute atomic E-state index is 0.0646.